The number of nitro benzene ring substituents is 1. The van der Waals surface area contributed by atoms with E-state index < -0.39 is 22.7 Å². The summed E-state index contributed by atoms with van der Waals surface area (Å²) in [7, 11) is 2.27. The van der Waals surface area contributed by atoms with Gasteiger partial charge < -0.3 is 9.47 Å². The van der Waals surface area contributed by atoms with Crippen LogP contribution in [0.15, 0.2) is 46.2 Å². The third kappa shape index (κ3) is 3.94. The van der Waals surface area contributed by atoms with Gasteiger partial charge in [0.15, 0.2) is 0 Å². The third-order valence-electron chi connectivity index (χ3n) is 3.16. The molecule has 0 heterocycles. The molecule has 130 valence electrons. The molecule has 0 saturated carbocycles. The van der Waals surface area contributed by atoms with Gasteiger partial charge in [-0.05, 0) is 24.3 Å². The molecule has 0 spiro atoms. The number of carbonyl (C=O) groups excluding carboxylic acids is 2. The Hall–Kier alpha value is -2.94. The number of nitro groups is 1. The summed E-state index contributed by atoms with van der Waals surface area (Å²) in [5.74, 6) is -2.42. The number of ether oxygens (including phenoxy) is 2. The summed E-state index contributed by atoms with van der Waals surface area (Å²) < 4.78 is 23.0. The maximum atomic E-state index is 14.0. The van der Waals surface area contributed by atoms with Gasteiger partial charge in [-0.1, -0.05) is 17.8 Å². The van der Waals surface area contributed by atoms with Crippen molar-refractivity contribution in [3.63, 3.8) is 0 Å². The molecule has 0 aliphatic rings. The topological polar surface area (TPSA) is 95.7 Å². The molecule has 0 bridgehead atoms. The van der Waals surface area contributed by atoms with Crippen molar-refractivity contribution in [1.29, 1.82) is 0 Å². The number of methoxy groups -OCH3 is 2. The van der Waals surface area contributed by atoms with Crippen molar-refractivity contribution in [3.05, 3.63) is 63.5 Å². The van der Waals surface area contributed by atoms with E-state index in [9.17, 15) is 24.1 Å². The second-order valence-corrected chi connectivity index (χ2v) is 5.72. The molecule has 2 rings (SSSR count). The van der Waals surface area contributed by atoms with Crippen LogP contribution in [0.3, 0.4) is 0 Å². The van der Waals surface area contributed by atoms with E-state index in [4.69, 9.17) is 0 Å². The lowest BCUT2D eigenvalue weighted by molar-refractivity contribution is -0.387. The summed E-state index contributed by atoms with van der Waals surface area (Å²) in [6.45, 7) is 0. The zero-order chi connectivity index (χ0) is 18.6. The van der Waals surface area contributed by atoms with E-state index in [2.05, 4.69) is 9.47 Å². The Morgan fingerprint density at radius 3 is 2.36 bits per heavy atom. The highest BCUT2D eigenvalue weighted by molar-refractivity contribution is 7.99. The van der Waals surface area contributed by atoms with Gasteiger partial charge in [-0.15, -0.1) is 0 Å². The van der Waals surface area contributed by atoms with Crippen LogP contribution >= 0.6 is 11.8 Å². The van der Waals surface area contributed by atoms with Gasteiger partial charge in [-0.3, -0.25) is 10.1 Å². The number of nitrogens with zero attached hydrogens (tertiary/aromatic N) is 1. The quantitative estimate of drug-likeness (QED) is 0.455. The van der Waals surface area contributed by atoms with Crippen LogP contribution in [-0.2, 0) is 9.47 Å². The van der Waals surface area contributed by atoms with Crippen LogP contribution in [0, 0.1) is 15.9 Å². The number of hydrogen-bond acceptors (Lipinski definition) is 7. The summed E-state index contributed by atoms with van der Waals surface area (Å²) in [6, 6.07) is 7.65. The summed E-state index contributed by atoms with van der Waals surface area (Å²) >= 11 is 0.820. The molecule has 0 N–H and O–H groups in total. The Morgan fingerprint density at radius 1 is 1.08 bits per heavy atom. The molecule has 7 nitrogen and oxygen atoms in total. The van der Waals surface area contributed by atoms with Crippen molar-refractivity contribution >= 4 is 29.4 Å². The number of esters is 2. The van der Waals surface area contributed by atoms with Crippen LogP contribution < -0.4 is 0 Å². The molecule has 0 fully saturated rings. The Balaban J connectivity index is 2.51. The molecule has 0 atom stereocenters. The fourth-order valence-electron chi connectivity index (χ4n) is 2.00. The first-order valence-corrected chi connectivity index (χ1v) is 7.62. The maximum Gasteiger partial charge on any atom is 0.342 e. The Kier molecular flexibility index (Phi) is 5.71. The lowest BCUT2D eigenvalue weighted by Gasteiger charge is -2.09. The van der Waals surface area contributed by atoms with Crippen molar-refractivity contribution < 1.29 is 28.4 Å². The zero-order valence-corrected chi connectivity index (χ0v) is 14.0. The van der Waals surface area contributed by atoms with E-state index in [0.717, 1.165) is 38.1 Å². The molecule has 0 aliphatic carbocycles. The predicted molar refractivity (Wildman–Crippen MR) is 86.3 cm³/mol. The first-order chi connectivity index (χ1) is 11.9. The monoisotopic (exact) mass is 365 g/mol. The lowest BCUT2D eigenvalue weighted by atomic mass is 10.2. The first-order valence-electron chi connectivity index (χ1n) is 6.80. The highest BCUT2D eigenvalue weighted by Crippen LogP contribution is 2.38. The molecule has 0 amide bonds. The first kappa shape index (κ1) is 18.4. The Morgan fingerprint density at radius 2 is 1.76 bits per heavy atom. The number of halogens is 1. The standard InChI is InChI=1S/C16H12FNO6S/c1-23-15(19)9-6-7-12(11(8-9)18(21)22)25-13-5-3-4-10(17)14(13)16(20)24-2/h3-8H,1-2H3. The summed E-state index contributed by atoms with van der Waals surface area (Å²) in [6.07, 6.45) is 0. The Bertz CT molecular complexity index is 855. The van der Waals surface area contributed by atoms with Gasteiger partial charge in [0.1, 0.15) is 11.4 Å². The van der Waals surface area contributed by atoms with Crippen molar-refractivity contribution in [2.24, 2.45) is 0 Å². The average Bonchev–Trinajstić information content (AvgIpc) is 2.60. The van der Waals surface area contributed by atoms with Gasteiger partial charge in [-0.2, -0.15) is 0 Å². The number of hydrogen-bond donors (Lipinski definition) is 0. The molecule has 0 aliphatic heterocycles. The molecule has 0 saturated heterocycles. The van der Waals surface area contributed by atoms with Crippen molar-refractivity contribution in [2.75, 3.05) is 14.2 Å². The zero-order valence-electron chi connectivity index (χ0n) is 13.1. The molecule has 0 aromatic heterocycles. The minimum Gasteiger partial charge on any atom is -0.465 e. The number of benzene rings is 2. The van der Waals surface area contributed by atoms with Gasteiger partial charge >= 0.3 is 11.9 Å². The summed E-state index contributed by atoms with van der Waals surface area (Å²) in [5.41, 5.74) is -0.680. The molecule has 0 unspecified atom stereocenters. The fourth-order valence-corrected chi connectivity index (χ4v) is 3.04. The van der Waals surface area contributed by atoms with E-state index in [1.807, 2.05) is 0 Å². The van der Waals surface area contributed by atoms with E-state index in [-0.39, 0.29) is 26.6 Å². The van der Waals surface area contributed by atoms with Crippen molar-refractivity contribution in [2.45, 2.75) is 9.79 Å². The smallest absolute Gasteiger partial charge is 0.342 e. The average molecular weight is 365 g/mol. The highest BCUT2D eigenvalue weighted by atomic mass is 32.2. The van der Waals surface area contributed by atoms with Gasteiger partial charge in [0, 0.05) is 11.0 Å². The van der Waals surface area contributed by atoms with Gasteiger partial charge in [0.05, 0.1) is 29.6 Å². The van der Waals surface area contributed by atoms with E-state index in [1.165, 1.54) is 24.3 Å². The normalized spacial score (nSPS) is 10.2. The van der Waals surface area contributed by atoms with Crippen LogP contribution in [0.1, 0.15) is 20.7 Å². The third-order valence-corrected chi connectivity index (χ3v) is 4.29. The van der Waals surface area contributed by atoms with E-state index in [1.54, 1.807) is 0 Å². The van der Waals surface area contributed by atoms with E-state index in [0.29, 0.717) is 0 Å². The van der Waals surface area contributed by atoms with Crippen LogP contribution in [0.5, 0.6) is 0 Å². The molecule has 9 heteroatoms. The molecule has 2 aromatic carbocycles. The molecule has 25 heavy (non-hydrogen) atoms. The van der Waals surface area contributed by atoms with Crippen LogP contribution in [-0.4, -0.2) is 31.1 Å². The maximum absolute atomic E-state index is 14.0. The molecular weight excluding hydrogens is 353 g/mol. The molecule has 0 radical (unpaired) electrons. The van der Waals surface area contributed by atoms with E-state index >= 15 is 0 Å². The minimum absolute atomic E-state index is 0.00554. The lowest BCUT2D eigenvalue weighted by Crippen LogP contribution is -2.06. The Labute approximate surface area is 145 Å². The van der Waals surface area contributed by atoms with Crippen molar-refractivity contribution in [1.82, 2.24) is 0 Å². The van der Waals surface area contributed by atoms with Crippen LogP contribution in [0.4, 0.5) is 10.1 Å². The summed E-state index contributed by atoms with van der Waals surface area (Å²) in [4.78, 5) is 34.2. The second kappa shape index (κ2) is 7.75. The van der Waals surface area contributed by atoms with Gasteiger partial charge in [0.2, 0.25) is 0 Å². The predicted octanol–water partition coefficient (Wildman–Crippen LogP) is 3.46. The van der Waals surface area contributed by atoms with Gasteiger partial charge in [-0.25, -0.2) is 14.0 Å². The summed E-state index contributed by atoms with van der Waals surface area (Å²) in [5, 5.41) is 11.3. The fraction of sp³-hybridized carbons (Fsp3) is 0.125. The van der Waals surface area contributed by atoms with Gasteiger partial charge in [0.25, 0.3) is 5.69 Å². The number of carbonyl (C=O) groups is 2. The molecule has 2 aromatic rings. The van der Waals surface area contributed by atoms with Crippen LogP contribution in [0.2, 0.25) is 0 Å². The largest absolute Gasteiger partial charge is 0.465 e. The number of rotatable bonds is 5. The minimum atomic E-state index is -0.894. The highest BCUT2D eigenvalue weighted by Gasteiger charge is 2.23. The second-order valence-electron chi connectivity index (χ2n) is 4.64. The van der Waals surface area contributed by atoms with Crippen molar-refractivity contribution in [3.8, 4) is 0 Å². The molecular formula is C16H12FNO6S. The van der Waals surface area contributed by atoms with Crippen LogP contribution in [0.25, 0.3) is 0 Å². The SMILES string of the molecule is COC(=O)c1ccc(Sc2cccc(F)c2C(=O)OC)c([N+](=O)[O-])c1.